The second-order valence-electron chi connectivity index (χ2n) is 7.58. The van der Waals surface area contributed by atoms with E-state index in [2.05, 4.69) is 10.3 Å². The van der Waals surface area contributed by atoms with Gasteiger partial charge in [0.15, 0.2) is 6.23 Å². The summed E-state index contributed by atoms with van der Waals surface area (Å²) < 4.78 is 19.2. The molecule has 0 saturated carbocycles. The van der Waals surface area contributed by atoms with Gasteiger partial charge in [0, 0.05) is 42.1 Å². The van der Waals surface area contributed by atoms with Crippen molar-refractivity contribution in [1.82, 2.24) is 20.1 Å². The van der Waals surface area contributed by atoms with Crippen LogP contribution in [-0.2, 0) is 16.1 Å². The van der Waals surface area contributed by atoms with Crippen molar-refractivity contribution >= 4 is 17.0 Å². The van der Waals surface area contributed by atoms with Gasteiger partial charge in [0.2, 0.25) is 0 Å². The van der Waals surface area contributed by atoms with E-state index in [1.807, 2.05) is 28.9 Å². The Balaban J connectivity index is 1.61. The maximum Gasteiger partial charge on any atom is 0.407 e. The van der Waals surface area contributed by atoms with Gasteiger partial charge in [-0.1, -0.05) is 0 Å². The molecule has 8 nitrogen and oxygen atoms in total. The Labute approximate surface area is 174 Å². The zero-order chi connectivity index (χ0) is 20.3. The number of hydrogen-bond donors (Lipinski definition) is 1. The van der Waals surface area contributed by atoms with Gasteiger partial charge in [0.25, 0.3) is 0 Å². The number of ether oxygens (including phenoxy) is 3. The quantitative estimate of drug-likeness (QED) is 0.659. The van der Waals surface area contributed by atoms with E-state index in [1.54, 1.807) is 12.4 Å². The predicted octanol–water partition coefficient (Wildman–Crippen LogP) is 3.81. The van der Waals surface area contributed by atoms with Crippen LogP contribution in [0.5, 0.6) is 5.75 Å². The molecule has 1 atom stereocenters. The van der Waals surface area contributed by atoms with Crippen molar-refractivity contribution in [3.63, 3.8) is 0 Å². The van der Waals surface area contributed by atoms with Crippen LogP contribution in [0.4, 0.5) is 4.79 Å². The largest absolute Gasteiger partial charge is 0.494 e. The molecule has 30 heavy (non-hydrogen) atoms. The van der Waals surface area contributed by atoms with Crippen molar-refractivity contribution < 1.29 is 19.0 Å². The van der Waals surface area contributed by atoms with Crippen LogP contribution >= 0.6 is 0 Å². The fourth-order valence-corrected chi connectivity index (χ4v) is 3.91. The maximum absolute atomic E-state index is 11.9. The van der Waals surface area contributed by atoms with E-state index in [9.17, 15) is 4.79 Å². The lowest BCUT2D eigenvalue weighted by Gasteiger charge is -2.23. The monoisotopic (exact) mass is 408 g/mol. The summed E-state index contributed by atoms with van der Waals surface area (Å²) in [5, 5.41) is 8.65. The predicted molar refractivity (Wildman–Crippen MR) is 110 cm³/mol. The molecule has 3 aromatic rings. The average Bonchev–Trinajstić information content (AvgIpc) is 3.17. The van der Waals surface area contributed by atoms with Crippen LogP contribution in [0.2, 0.25) is 0 Å². The van der Waals surface area contributed by atoms with E-state index >= 15 is 0 Å². The normalized spacial score (nSPS) is 20.0. The molecule has 0 radical (unpaired) electrons. The summed E-state index contributed by atoms with van der Waals surface area (Å²) in [7, 11) is 0. The minimum absolute atomic E-state index is 0.0736. The summed E-state index contributed by atoms with van der Waals surface area (Å²) in [6.07, 6.45) is 6.79. The first kappa shape index (κ1) is 18.9. The smallest absolute Gasteiger partial charge is 0.407 e. The molecule has 0 aliphatic carbocycles. The summed E-state index contributed by atoms with van der Waals surface area (Å²) in [6, 6.07) is 7.99. The molecule has 8 heteroatoms. The third-order valence-corrected chi connectivity index (χ3v) is 5.40. The molecule has 1 aromatic carbocycles. The number of benzene rings is 1. The molecule has 4 heterocycles. The van der Waals surface area contributed by atoms with Gasteiger partial charge < -0.3 is 19.5 Å². The van der Waals surface area contributed by atoms with E-state index in [0.717, 1.165) is 59.3 Å². The number of alkyl carbamates (subject to hydrolysis) is 1. The standard InChI is InChI=1S/C22H24N4O4/c27-22-24-7-3-9-28-17-5-6-19-18(11-17)21(16-10-15(14-30-22)12-23-13-16)25-26(19)20-4-1-2-8-29-20/h5-6,10-13,20H,1-4,7-9,14H2,(H,24,27). The van der Waals surface area contributed by atoms with Gasteiger partial charge in [-0.2, -0.15) is 5.10 Å². The van der Waals surface area contributed by atoms with Crippen LogP contribution in [0, 0.1) is 0 Å². The van der Waals surface area contributed by atoms with Gasteiger partial charge in [-0.25, -0.2) is 9.48 Å². The number of amides is 1. The fourth-order valence-electron chi connectivity index (χ4n) is 3.91. The van der Waals surface area contributed by atoms with Crippen LogP contribution in [0.1, 0.15) is 37.5 Å². The van der Waals surface area contributed by atoms with Crippen LogP contribution < -0.4 is 10.1 Å². The molecule has 156 valence electrons. The summed E-state index contributed by atoms with van der Waals surface area (Å²) in [5.41, 5.74) is 3.50. The summed E-state index contributed by atoms with van der Waals surface area (Å²) in [6.45, 7) is 1.88. The minimum Gasteiger partial charge on any atom is -0.494 e. The number of pyridine rings is 1. The number of rotatable bonds is 1. The van der Waals surface area contributed by atoms with Gasteiger partial charge in [0.1, 0.15) is 18.1 Å². The molecule has 1 saturated heterocycles. The Bertz CT molecular complexity index is 1060. The molecular weight excluding hydrogens is 384 g/mol. The number of hydrogen-bond acceptors (Lipinski definition) is 6. The van der Waals surface area contributed by atoms with Crippen molar-refractivity contribution in [1.29, 1.82) is 0 Å². The van der Waals surface area contributed by atoms with Crippen molar-refractivity contribution in [2.75, 3.05) is 19.8 Å². The lowest BCUT2D eigenvalue weighted by molar-refractivity contribution is -0.0365. The van der Waals surface area contributed by atoms with Gasteiger partial charge in [0.05, 0.1) is 12.1 Å². The Morgan fingerprint density at radius 3 is 2.93 bits per heavy atom. The van der Waals surface area contributed by atoms with Crippen LogP contribution in [0.25, 0.3) is 22.2 Å². The highest BCUT2D eigenvalue weighted by molar-refractivity contribution is 5.94. The van der Waals surface area contributed by atoms with Crippen molar-refractivity contribution in [3.8, 4) is 17.0 Å². The first-order valence-corrected chi connectivity index (χ1v) is 10.4. The number of cyclic esters (lactones) is 1. The van der Waals surface area contributed by atoms with Crippen LogP contribution in [-0.4, -0.2) is 40.6 Å². The van der Waals surface area contributed by atoms with Gasteiger partial charge >= 0.3 is 6.09 Å². The minimum atomic E-state index is -0.447. The number of nitrogens with zero attached hydrogens (tertiary/aromatic N) is 3. The highest BCUT2D eigenvalue weighted by atomic mass is 16.5. The van der Waals surface area contributed by atoms with E-state index in [4.69, 9.17) is 19.3 Å². The molecule has 5 rings (SSSR count). The Kier molecular flexibility index (Phi) is 5.23. The molecule has 4 bridgehead atoms. The molecule has 2 aliphatic heterocycles. The number of carbonyl (C=O) groups excluding carboxylic acids is 1. The average molecular weight is 408 g/mol. The molecule has 2 aromatic heterocycles. The van der Waals surface area contributed by atoms with Gasteiger partial charge in [-0.15, -0.1) is 0 Å². The molecular formula is C22H24N4O4. The van der Waals surface area contributed by atoms with Crippen LogP contribution in [0.3, 0.4) is 0 Å². The number of fused-ring (bicyclic) bond motifs is 4. The number of aromatic nitrogens is 3. The van der Waals surface area contributed by atoms with Crippen molar-refractivity contribution in [2.45, 2.75) is 38.5 Å². The maximum atomic E-state index is 11.9. The first-order chi connectivity index (χ1) is 14.8. The van der Waals surface area contributed by atoms with E-state index < -0.39 is 6.09 Å². The summed E-state index contributed by atoms with van der Waals surface area (Å²) in [5.74, 6) is 0.773. The summed E-state index contributed by atoms with van der Waals surface area (Å²) >= 11 is 0. The van der Waals surface area contributed by atoms with E-state index in [0.29, 0.717) is 19.6 Å². The van der Waals surface area contributed by atoms with Gasteiger partial charge in [-0.3, -0.25) is 4.98 Å². The van der Waals surface area contributed by atoms with Crippen molar-refractivity contribution in [2.24, 2.45) is 0 Å². The zero-order valence-electron chi connectivity index (χ0n) is 16.7. The van der Waals surface area contributed by atoms with Gasteiger partial charge in [-0.05, 0) is 49.9 Å². The Morgan fingerprint density at radius 2 is 2.03 bits per heavy atom. The van der Waals surface area contributed by atoms with Crippen molar-refractivity contribution in [3.05, 3.63) is 42.2 Å². The second-order valence-corrected chi connectivity index (χ2v) is 7.58. The molecule has 1 unspecified atom stereocenters. The lowest BCUT2D eigenvalue weighted by atomic mass is 10.1. The first-order valence-electron chi connectivity index (χ1n) is 10.4. The van der Waals surface area contributed by atoms with E-state index in [1.165, 1.54) is 0 Å². The Morgan fingerprint density at radius 1 is 1.07 bits per heavy atom. The van der Waals surface area contributed by atoms with E-state index in [-0.39, 0.29) is 12.8 Å². The highest BCUT2D eigenvalue weighted by Gasteiger charge is 2.22. The lowest BCUT2D eigenvalue weighted by Crippen LogP contribution is -2.26. The number of nitrogens with one attached hydrogen (secondary N) is 1. The highest BCUT2D eigenvalue weighted by Crippen LogP contribution is 2.35. The SMILES string of the molecule is O=C1NCCCOc2ccc3c(c2)c(nn3C2CCCCO2)-c2cncc(c2)CO1. The molecule has 1 fully saturated rings. The van der Waals surface area contributed by atoms with Crippen LogP contribution in [0.15, 0.2) is 36.7 Å². The summed E-state index contributed by atoms with van der Waals surface area (Å²) in [4.78, 5) is 16.2. The molecule has 1 amide bonds. The topological polar surface area (TPSA) is 87.5 Å². The third-order valence-electron chi connectivity index (χ3n) is 5.40. The molecule has 1 N–H and O–H groups in total. The fraction of sp³-hybridized carbons (Fsp3) is 0.409. The zero-order valence-corrected chi connectivity index (χ0v) is 16.7. The second kappa shape index (κ2) is 8.31. The molecule has 0 spiro atoms. The number of carbonyl (C=O) groups is 1. The third kappa shape index (κ3) is 3.82. The Hall–Kier alpha value is -3.13. The molecule has 2 aliphatic rings.